The van der Waals surface area contributed by atoms with E-state index in [1.165, 1.54) is 18.3 Å². The summed E-state index contributed by atoms with van der Waals surface area (Å²) in [5.41, 5.74) is 0.0910. The van der Waals surface area contributed by atoms with Gasteiger partial charge in [0.05, 0.1) is 4.90 Å². The zero-order valence-electron chi connectivity index (χ0n) is 6.85. The van der Waals surface area contributed by atoms with E-state index in [1.807, 2.05) is 0 Å². The Balaban J connectivity index is 3.46. The molecule has 1 aromatic rings. The van der Waals surface area contributed by atoms with E-state index in [1.54, 1.807) is 0 Å². The lowest BCUT2D eigenvalue weighted by Gasteiger charge is -2.02. The molecule has 0 amide bonds. The van der Waals surface area contributed by atoms with Gasteiger partial charge in [0.15, 0.2) is 9.84 Å². The highest BCUT2D eigenvalue weighted by molar-refractivity contribution is 7.97. The summed E-state index contributed by atoms with van der Waals surface area (Å²) in [6.07, 6.45) is 2.50. The standard InChI is InChI=1S/C7H8N2O2S2/c1-13(10,11)5-3-2-4-9-6(5)7(8)12/h2-4H,1H3,(H2,8,12). The second-order valence-corrected chi connectivity index (χ2v) is 4.90. The maximum absolute atomic E-state index is 11.2. The summed E-state index contributed by atoms with van der Waals surface area (Å²) >= 11 is 3.75. The van der Waals surface area contributed by atoms with Crippen LogP contribution in [-0.2, 0) is 9.84 Å². The highest BCUT2D eigenvalue weighted by Gasteiger charge is 2.14. The SMILES string of the molecule is CS(=O)(=O)c1cccnc1C(=N)S. The topological polar surface area (TPSA) is 70.9 Å². The summed E-state index contributed by atoms with van der Waals surface area (Å²) in [7, 11) is -3.33. The Hall–Kier alpha value is -0.880. The van der Waals surface area contributed by atoms with Gasteiger partial charge in [-0.3, -0.25) is 10.4 Å². The highest BCUT2D eigenvalue weighted by atomic mass is 32.2. The van der Waals surface area contributed by atoms with Crippen LogP contribution >= 0.6 is 12.6 Å². The molecule has 6 heteroatoms. The fourth-order valence-electron chi connectivity index (χ4n) is 0.868. The van der Waals surface area contributed by atoms with Crippen molar-refractivity contribution >= 4 is 27.5 Å². The third-order valence-corrected chi connectivity index (χ3v) is 2.73. The largest absolute Gasteiger partial charge is 0.292 e. The third kappa shape index (κ3) is 2.28. The first-order valence-electron chi connectivity index (χ1n) is 3.36. The van der Waals surface area contributed by atoms with Crippen molar-refractivity contribution in [2.45, 2.75) is 4.90 Å². The fraction of sp³-hybridized carbons (Fsp3) is 0.143. The Labute approximate surface area is 81.8 Å². The van der Waals surface area contributed by atoms with Gasteiger partial charge in [-0.25, -0.2) is 8.42 Å². The Bertz CT molecular complexity index is 440. The minimum Gasteiger partial charge on any atom is -0.292 e. The number of nitrogens with one attached hydrogen (secondary N) is 1. The third-order valence-electron chi connectivity index (χ3n) is 1.39. The van der Waals surface area contributed by atoms with Crippen LogP contribution in [0.25, 0.3) is 0 Å². The molecular weight excluding hydrogens is 208 g/mol. The molecule has 0 radical (unpaired) electrons. The van der Waals surface area contributed by atoms with E-state index >= 15 is 0 Å². The molecule has 0 aliphatic rings. The van der Waals surface area contributed by atoms with Crippen LogP contribution in [0.1, 0.15) is 5.69 Å². The van der Waals surface area contributed by atoms with E-state index in [0.717, 1.165) is 6.26 Å². The molecule has 0 fully saturated rings. The van der Waals surface area contributed by atoms with E-state index in [2.05, 4.69) is 17.6 Å². The maximum atomic E-state index is 11.2. The maximum Gasteiger partial charge on any atom is 0.177 e. The Morgan fingerprint density at radius 2 is 2.23 bits per heavy atom. The molecule has 70 valence electrons. The summed E-state index contributed by atoms with van der Waals surface area (Å²) in [4.78, 5) is 3.80. The van der Waals surface area contributed by atoms with Gasteiger partial charge in [0.2, 0.25) is 0 Å². The van der Waals surface area contributed by atoms with E-state index in [9.17, 15) is 8.42 Å². The van der Waals surface area contributed by atoms with Crippen LogP contribution in [0.2, 0.25) is 0 Å². The first-order valence-corrected chi connectivity index (χ1v) is 5.70. The van der Waals surface area contributed by atoms with E-state index in [0.29, 0.717) is 0 Å². The number of nitrogens with zero attached hydrogens (tertiary/aromatic N) is 1. The van der Waals surface area contributed by atoms with Crippen molar-refractivity contribution in [3.63, 3.8) is 0 Å². The monoisotopic (exact) mass is 216 g/mol. The van der Waals surface area contributed by atoms with E-state index in [4.69, 9.17) is 5.41 Å². The van der Waals surface area contributed by atoms with Crippen LogP contribution in [0.3, 0.4) is 0 Å². The van der Waals surface area contributed by atoms with Crippen LogP contribution in [0.4, 0.5) is 0 Å². The van der Waals surface area contributed by atoms with Crippen molar-refractivity contribution in [3.8, 4) is 0 Å². The second kappa shape index (κ2) is 3.47. The summed E-state index contributed by atoms with van der Waals surface area (Å²) < 4.78 is 22.4. The second-order valence-electron chi connectivity index (χ2n) is 2.47. The van der Waals surface area contributed by atoms with Crippen molar-refractivity contribution in [2.75, 3.05) is 6.26 Å². The van der Waals surface area contributed by atoms with Gasteiger partial charge in [-0.15, -0.1) is 12.6 Å². The molecule has 1 rings (SSSR count). The van der Waals surface area contributed by atoms with Gasteiger partial charge < -0.3 is 0 Å². The minimum absolute atomic E-state index is 0.0370. The molecule has 0 bridgehead atoms. The molecule has 0 atom stereocenters. The quantitative estimate of drug-likeness (QED) is 0.435. The molecule has 1 N–H and O–H groups in total. The van der Waals surface area contributed by atoms with Gasteiger partial charge in [-0.1, -0.05) is 0 Å². The molecule has 0 saturated heterocycles. The van der Waals surface area contributed by atoms with E-state index < -0.39 is 9.84 Å². The number of hydrogen-bond acceptors (Lipinski definition) is 4. The normalized spacial score (nSPS) is 11.2. The smallest absolute Gasteiger partial charge is 0.177 e. The van der Waals surface area contributed by atoms with Crippen molar-refractivity contribution in [2.24, 2.45) is 0 Å². The molecule has 1 heterocycles. The van der Waals surface area contributed by atoms with Crippen LogP contribution in [0.15, 0.2) is 23.2 Å². The number of hydrogen-bond donors (Lipinski definition) is 2. The molecule has 0 saturated carbocycles. The minimum atomic E-state index is -3.33. The number of rotatable bonds is 2. The van der Waals surface area contributed by atoms with Crippen molar-refractivity contribution in [1.29, 1.82) is 5.41 Å². The Morgan fingerprint density at radius 3 is 2.62 bits per heavy atom. The first-order chi connectivity index (χ1) is 5.93. The molecule has 1 aromatic heterocycles. The summed E-state index contributed by atoms with van der Waals surface area (Å²) in [6, 6.07) is 2.92. The molecule has 0 spiro atoms. The van der Waals surface area contributed by atoms with E-state index in [-0.39, 0.29) is 15.6 Å². The Morgan fingerprint density at radius 1 is 1.62 bits per heavy atom. The molecule has 0 aliphatic carbocycles. The summed E-state index contributed by atoms with van der Waals surface area (Å²) in [6.45, 7) is 0. The lowest BCUT2D eigenvalue weighted by atomic mass is 10.4. The lowest BCUT2D eigenvalue weighted by molar-refractivity contribution is 0.601. The van der Waals surface area contributed by atoms with Gasteiger partial charge in [-0.05, 0) is 12.1 Å². The average Bonchev–Trinajstić information content (AvgIpc) is 2.03. The van der Waals surface area contributed by atoms with Crippen molar-refractivity contribution in [3.05, 3.63) is 24.0 Å². The van der Waals surface area contributed by atoms with Crippen molar-refractivity contribution < 1.29 is 8.42 Å². The zero-order valence-corrected chi connectivity index (χ0v) is 8.56. The molecule has 13 heavy (non-hydrogen) atoms. The van der Waals surface area contributed by atoms with Gasteiger partial charge in [0, 0.05) is 12.5 Å². The van der Waals surface area contributed by atoms with Gasteiger partial charge in [0.25, 0.3) is 0 Å². The predicted octanol–water partition coefficient (Wildman–Crippen LogP) is 0.740. The van der Waals surface area contributed by atoms with Gasteiger partial charge in [0.1, 0.15) is 10.7 Å². The van der Waals surface area contributed by atoms with Gasteiger partial charge >= 0.3 is 0 Å². The average molecular weight is 216 g/mol. The molecule has 0 unspecified atom stereocenters. The zero-order chi connectivity index (χ0) is 10.1. The molecular formula is C7H8N2O2S2. The number of sulfone groups is 1. The van der Waals surface area contributed by atoms with Crippen LogP contribution in [-0.4, -0.2) is 24.7 Å². The lowest BCUT2D eigenvalue weighted by Crippen LogP contribution is -2.06. The predicted molar refractivity (Wildman–Crippen MR) is 53.2 cm³/mol. The van der Waals surface area contributed by atoms with Crippen LogP contribution in [0.5, 0.6) is 0 Å². The molecule has 4 nitrogen and oxygen atoms in total. The Kier molecular flexibility index (Phi) is 2.72. The summed E-state index contributed by atoms with van der Waals surface area (Å²) in [5.74, 6) is 0. The number of aromatic nitrogens is 1. The highest BCUT2D eigenvalue weighted by Crippen LogP contribution is 2.13. The van der Waals surface area contributed by atoms with Crippen LogP contribution in [0, 0.1) is 5.41 Å². The molecule has 0 aliphatic heterocycles. The summed E-state index contributed by atoms with van der Waals surface area (Å²) in [5, 5.41) is 7.04. The number of pyridine rings is 1. The van der Waals surface area contributed by atoms with Crippen LogP contribution < -0.4 is 0 Å². The fourth-order valence-corrected chi connectivity index (χ4v) is 1.95. The molecule has 0 aromatic carbocycles. The number of thiol groups is 1. The first kappa shape index (κ1) is 10.2. The van der Waals surface area contributed by atoms with Crippen molar-refractivity contribution in [1.82, 2.24) is 4.98 Å². The van der Waals surface area contributed by atoms with Gasteiger partial charge in [-0.2, -0.15) is 0 Å².